The van der Waals surface area contributed by atoms with Gasteiger partial charge in [0.25, 0.3) is 0 Å². The first-order valence-electron chi connectivity index (χ1n) is 5.77. The number of hydrogen-bond acceptors (Lipinski definition) is 2. The molecule has 2 heterocycles. The molecule has 0 fully saturated rings. The molecule has 0 saturated heterocycles. The van der Waals surface area contributed by atoms with Crippen molar-refractivity contribution in [1.29, 1.82) is 0 Å². The predicted octanol–water partition coefficient (Wildman–Crippen LogP) is 5.66. The van der Waals surface area contributed by atoms with E-state index in [9.17, 15) is 4.79 Å². The second kappa shape index (κ2) is 5.53. The molecule has 0 radical (unpaired) electrons. The molecule has 0 unspecified atom stereocenters. The number of carbonyl (C=O) groups is 1. The molecule has 6 heteroatoms. The standard InChI is InChI=1S/C14H8BrCl2NOS/c15-10-6-18(11-4-2-1-3-8(10)11)7-12(19)9-5-13(16)20-14(9)17/h1-6H,7H2. The van der Waals surface area contributed by atoms with Crippen molar-refractivity contribution in [2.45, 2.75) is 6.54 Å². The van der Waals surface area contributed by atoms with Gasteiger partial charge in [-0.05, 0) is 28.1 Å². The Morgan fingerprint density at radius 3 is 2.75 bits per heavy atom. The molecular weight excluding hydrogens is 381 g/mol. The van der Waals surface area contributed by atoms with Crippen LogP contribution in [0.3, 0.4) is 0 Å². The molecule has 0 spiro atoms. The molecule has 0 saturated carbocycles. The Labute approximate surface area is 138 Å². The molecular formula is C14H8BrCl2NOS. The van der Waals surface area contributed by atoms with Crippen LogP contribution in [0.1, 0.15) is 10.4 Å². The fraction of sp³-hybridized carbons (Fsp3) is 0.0714. The topological polar surface area (TPSA) is 22.0 Å². The lowest BCUT2D eigenvalue weighted by molar-refractivity contribution is 0.0974. The van der Waals surface area contributed by atoms with Crippen molar-refractivity contribution < 1.29 is 4.79 Å². The molecule has 102 valence electrons. The zero-order chi connectivity index (χ0) is 14.3. The SMILES string of the molecule is O=C(Cn1cc(Br)c2ccccc21)c1cc(Cl)sc1Cl. The molecule has 3 rings (SSSR count). The van der Waals surface area contributed by atoms with Gasteiger partial charge in [0, 0.05) is 21.6 Å². The summed E-state index contributed by atoms with van der Waals surface area (Å²) < 4.78 is 3.84. The zero-order valence-electron chi connectivity index (χ0n) is 10.1. The molecule has 0 N–H and O–H groups in total. The third-order valence-electron chi connectivity index (χ3n) is 3.01. The van der Waals surface area contributed by atoms with Crippen LogP contribution >= 0.6 is 50.5 Å². The molecule has 1 aromatic carbocycles. The molecule has 0 aliphatic carbocycles. The fourth-order valence-electron chi connectivity index (χ4n) is 2.10. The van der Waals surface area contributed by atoms with Crippen molar-refractivity contribution in [2.24, 2.45) is 0 Å². The first-order chi connectivity index (χ1) is 9.56. The van der Waals surface area contributed by atoms with Crippen molar-refractivity contribution in [1.82, 2.24) is 4.57 Å². The van der Waals surface area contributed by atoms with Gasteiger partial charge in [-0.15, -0.1) is 11.3 Å². The van der Waals surface area contributed by atoms with E-state index in [1.165, 1.54) is 11.3 Å². The smallest absolute Gasteiger partial charge is 0.184 e. The number of carbonyl (C=O) groups excluding carboxylic acids is 1. The number of thiophene rings is 1. The Hall–Kier alpha value is -0.810. The molecule has 20 heavy (non-hydrogen) atoms. The summed E-state index contributed by atoms with van der Waals surface area (Å²) in [7, 11) is 0. The highest BCUT2D eigenvalue weighted by Gasteiger charge is 2.16. The van der Waals surface area contributed by atoms with E-state index in [1.54, 1.807) is 6.07 Å². The maximum Gasteiger partial charge on any atom is 0.184 e. The number of benzene rings is 1. The molecule has 0 atom stereocenters. The number of aromatic nitrogens is 1. The van der Waals surface area contributed by atoms with E-state index in [4.69, 9.17) is 23.2 Å². The lowest BCUT2D eigenvalue weighted by atomic mass is 10.2. The van der Waals surface area contributed by atoms with Crippen LogP contribution in [0.5, 0.6) is 0 Å². The van der Waals surface area contributed by atoms with Gasteiger partial charge in [-0.2, -0.15) is 0 Å². The van der Waals surface area contributed by atoms with Crippen molar-refractivity contribution >= 4 is 67.2 Å². The summed E-state index contributed by atoms with van der Waals surface area (Å²) in [4.78, 5) is 12.3. The summed E-state index contributed by atoms with van der Waals surface area (Å²) in [6.07, 6.45) is 1.91. The first-order valence-corrected chi connectivity index (χ1v) is 8.14. The van der Waals surface area contributed by atoms with Crippen molar-refractivity contribution in [3.05, 3.63) is 55.2 Å². The first kappa shape index (κ1) is 14.1. The number of fused-ring (bicyclic) bond motifs is 1. The Balaban J connectivity index is 1.97. The van der Waals surface area contributed by atoms with Gasteiger partial charge in [-0.25, -0.2) is 0 Å². The summed E-state index contributed by atoms with van der Waals surface area (Å²) in [6, 6.07) is 9.53. The van der Waals surface area contributed by atoms with E-state index >= 15 is 0 Å². The van der Waals surface area contributed by atoms with Crippen molar-refractivity contribution in [2.75, 3.05) is 0 Å². The highest BCUT2D eigenvalue weighted by molar-refractivity contribution is 9.10. The average Bonchev–Trinajstić information content (AvgIpc) is 2.91. The second-order valence-corrected chi connectivity index (χ2v) is 7.42. The highest BCUT2D eigenvalue weighted by Crippen LogP contribution is 2.32. The van der Waals surface area contributed by atoms with Gasteiger partial charge in [-0.1, -0.05) is 41.4 Å². The van der Waals surface area contributed by atoms with Gasteiger partial charge in [0.1, 0.15) is 4.34 Å². The number of para-hydroxylation sites is 1. The maximum atomic E-state index is 12.3. The van der Waals surface area contributed by atoms with E-state index in [0.717, 1.165) is 15.4 Å². The maximum absolute atomic E-state index is 12.3. The molecule has 0 aliphatic heterocycles. The molecule has 2 nitrogen and oxygen atoms in total. The number of nitrogens with zero attached hydrogens (tertiary/aromatic N) is 1. The van der Waals surface area contributed by atoms with E-state index in [1.807, 2.05) is 35.0 Å². The minimum Gasteiger partial charge on any atom is -0.338 e. The number of ketones is 1. The zero-order valence-corrected chi connectivity index (χ0v) is 14.0. The van der Waals surface area contributed by atoms with E-state index in [-0.39, 0.29) is 12.3 Å². The summed E-state index contributed by atoms with van der Waals surface area (Å²) in [6.45, 7) is 0.235. The van der Waals surface area contributed by atoms with Crippen LogP contribution in [0.2, 0.25) is 8.67 Å². The Kier molecular flexibility index (Phi) is 3.91. The van der Waals surface area contributed by atoms with Crippen LogP contribution in [-0.4, -0.2) is 10.4 Å². The summed E-state index contributed by atoms with van der Waals surface area (Å²) in [5.41, 5.74) is 1.49. The summed E-state index contributed by atoms with van der Waals surface area (Å²) in [5.74, 6) is -0.0496. The monoisotopic (exact) mass is 387 g/mol. The summed E-state index contributed by atoms with van der Waals surface area (Å²) >= 11 is 16.6. The molecule has 3 aromatic rings. The van der Waals surface area contributed by atoms with Crippen LogP contribution < -0.4 is 0 Å². The van der Waals surface area contributed by atoms with E-state index < -0.39 is 0 Å². The van der Waals surface area contributed by atoms with Gasteiger partial charge in [0.15, 0.2) is 5.78 Å². The average molecular weight is 389 g/mol. The van der Waals surface area contributed by atoms with Crippen LogP contribution in [0.25, 0.3) is 10.9 Å². The minimum atomic E-state index is -0.0496. The third kappa shape index (κ3) is 2.53. The van der Waals surface area contributed by atoms with Crippen LogP contribution in [0, 0.1) is 0 Å². The van der Waals surface area contributed by atoms with Crippen LogP contribution in [-0.2, 0) is 6.54 Å². The van der Waals surface area contributed by atoms with Crippen LogP contribution in [0.4, 0.5) is 0 Å². The van der Waals surface area contributed by atoms with Gasteiger partial charge >= 0.3 is 0 Å². The predicted molar refractivity (Wildman–Crippen MR) is 88.3 cm³/mol. The number of halogens is 3. The minimum absolute atomic E-state index is 0.0496. The quantitative estimate of drug-likeness (QED) is 0.531. The van der Waals surface area contributed by atoms with Gasteiger partial charge in [-0.3, -0.25) is 4.79 Å². The summed E-state index contributed by atoms with van der Waals surface area (Å²) in [5, 5.41) is 1.08. The third-order valence-corrected chi connectivity index (χ3v) is 5.13. The molecule has 2 aromatic heterocycles. The Morgan fingerprint density at radius 1 is 1.30 bits per heavy atom. The van der Waals surface area contributed by atoms with Crippen molar-refractivity contribution in [3.8, 4) is 0 Å². The van der Waals surface area contributed by atoms with Crippen molar-refractivity contribution in [3.63, 3.8) is 0 Å². The molecule has 0 aliphatic rings. The van der Waals surface area contributed by atoms with Gasteiger partial charge < -0.3 is 4.57 Å². The lowest BCUT2D eigenvalue weighted by Gasteiger charge is -2.03. The fourth-order valence-corrected chi connectivity index (χ4v) is 4.18. The van der Waals surface area contributed by atoms with Gasteiger partial charge in [0.2, 0.25) is 0 Å². The largest absolute Gasteiger partial charge is 0.338 e. The van der Waals surface area contributed by atoms with E-state index in [2.05, 4.69) is 15.9 Å². The Bertz CT molecular complexity index is 809. The highest BCUT2D eigenvalue weighted by atomic mass is 79.9. The lowest BCUT2D eigenvalue weighted by Crippen LogP contribution is -2.08. The molecule has 0 bridgehead atoms. The molecule has 0 amide bonds. The Morgan fingerprint density at radius 2 is 2.05 bits per heavy atom. The second-order valence-electron chi connectivity index (χ2n) is 4.28. The number of Topliss-reactive ketones (excluding diaryl/α,β-unsaturated/α-hetero) is 1. The van der Waals surface area contributed by atoms with Crippen LogP contribution in [0.15, 0.2) is 41.0 Å². The van der Waals surface area contributed by atoms with E-state index in [0.29, 0.717) is 14.2 Å². The van der Waals surface area contributed by atoms with Gasteiger partial charge in [0.05, 0.1) is 16.4 Å². The normalized spacial score (nSPS) is 11.2. The number of hydrogen-bond donors (Lipinski definition) is 0. The number of rotatable bonds is 3.